The van der Waals surface area contributed by atoms with Crippen LogP contribution in [0.25, 0.3) is 0 Å². The van der Waals surface area contributed by atoms with Crippen LogP contribution in [0.3, 0.4) is 0 Å². The Morgan fingerprint density at radius 2 is 2.47 bits per heavy atom. The van der Waals surface area contributed by atoms with E-state index in [-0.39, 0.29) is 11.9 Å². The van der Waals surface area contributed by atoms with Crippen LogP contribution in [0.1, 0.15) is 16.1 Å². The number of amides is 1. The maximum atomic E-state index is 12.0. The van der Waals surface area contributed by atoms with Gasteiger partial charge in [-0.2, -0.15) is 11.8 Å². The molecule has 1 unspecified atom stereocenters. The summed E-state index contributed by atoms with van der Waals surface area (Å²) in [5.74, 6) is 1.05. The van der Waals surface area contributed by atoms with Gasteiger partial charge < -0.3 is 21.7 Å². The minimum atomic E-state index is -0.140. The second kappa shape index (κ2) is 6.44. The molecule has 1 amide bonds. The molecule has 0 bridgehead atoms. The number of thioether (sulfide) groups is 1. The minimum absolute atomic E-state index is 0.140. The van der Waals surface area contributed by atoms with Gasteiger partial charge >= 0.3 is 0 Å². The van der Waals surface area contributed by atoms with Crippen molar-refractivity contribution >= 4 is 40.0 Å². The van der Waals surface area contributed by atoms with Crippen molar-refractivity contribution < 1.29 is 4.79 Å². The second-order valence-corrected chi connectivity index (χ2v) is 6.42. The van der Waals surface area contributed by atoms with Crippen LogP contribution >= 0.6 is 23.1 Å². The van der Waals surface area contributed by atoms with Crippen LogP contribution in [0.2, 0.25) is 0 Å². The van der Waals surface area contributed by atoms with Crippen LogP contribution in [-0.2, 0) is 0 Å². The summed E-state index contributed by atoms with van der Waals surface area (Å²) in [7, 11) is 0. The highest BCUT2D eigenvalue weighted by molar-refractivity contribution is 7.98. The number of rotatable bonds is 5. The molecule has 1 aliphatic rings. The van der Waals surface area contributed by atoms with E-state index in [1.54, 1.807) is 11.8 Å². The molecule has 1 fully saturated rings. The molecule has 19 heavy (non-hydrogen) atoms. The Bertz CT molecular complexity index is 450. The largest absolute Gasteiger partial charge is 0.382 e. The molecule has 0 radical (unpaired) electrons. The summed E-state index contributed by atoms with van der Waals surface area (Å²) < 4.78 is 0. The molecular weight excluding hydrogens is 282 g/mol. The molecule has 0 spiro atoms. The van der Waals surface area contributed by atoms with Crippen molar-refractivity contribution in [1.82, 2.24) is 10.3 Å². The number of carbonyl (C=O) groups excluding carboxylic acids is 1. The molecule has 2 rings (SSSR count). The van der Waals surface area contributed by atoms with Gasteiger partial charge in [0.25, 0.3) is 5.91 Å². The summed E-state index contributed by atoms with van der Waals surface area (Å²) in [4.78, 5) is 18.8. The SMILES string of the molecule is CSCCNC(=O)c1sc(N2CCC(N)C2)nc1N. The van der Waals surface area contributed by atoms with Crippen molar-refractivity contribution in [3.8, 4) is 0 Å². The maximum absolute atomic E-state index is 12.0. The first kappa shape index (κ1) is 14.4. The van der Waals surface area contributed by atoms with Gasteiger partial charge in [0.2, 0.25) is 0 Å². The standard InChI is InChI=1S/C11H19N5OS2/c1-18-5-3-14-10(17)8-9(13)15-11(19-8)16-4-2-7(12)6-16/h7H,2-6,12-13H2,1H3,(H,14,17). The topological polar surface area (TPSA) is 97.3 Å². The van der Waals surface area contributed by atoms with Crippen LogP contribution in [0.15, 0.2) is 0 Å². The Balaban J connectivity index is 2.02. The van der Waals surface area contributed by atoms with E-state index in [1.165, 1.54) is 11.3 Å². The molecule has 8 heteroatoms. The zero-order valence-electron chi connectivity index (χ0n) is 10.9. The van der Waals surface area contributed by atoms with Gasteiger partial charge in [0.15, 0.2) is 5.13 Å². The van der Waals surface area contributed by atoms with Crippen molar-refractivity contribution in [1.29, 1.82) is 0 Å². The van der Waals surface area contributed by atoms with Gasteiger partial charge in [-0.3, -0.25) is 4.79 Å². The summed E-state index contributed by atoms with van der Waals surface area (Å²) >= 11 is 3.03. The molecule has 1 aromatic rings. The first-order chi connectivity index (χ1) is 9.11. The number of nitrogens with one attached hydrogen (secondary N) is 1. The number of nitrogens with two attached hydrogens (primary N) is 2. The average Bonchev–Trinajstić information content (AvgIpc) is 2.95. The number of thiazole rings is 1. The van der Waals surface area contributed by atoms with E-state index in [0.717, 1.165) is 30.4 Å². The van der Waals surface area contributed by atoms with E-state index in [4.69, 9.17) is 11.5 Å². The van der Waals surface area contributed by atoms with E-state index in [0.29, 0.717) is 17.2 Å². The van der Waals surface area contributed by atoms with Crippen LogP contribution < -0.4 is 21.7 Å². The Kier molecular flexibility index (Phi) is 4.89. The summed E-state index contributed by atoms with van der Waals surface area (Å²) in [5.41, 5.74) is 11.7. The number of hydrogen-bond acceptors (Lipinski definition) is 7. The summed E-state index contributed by atoms with van der Waals surface area (Å²) in [6.07, 6.45) is 2.96. The van der Waals surface area contributed by atoms with E-state index in [2.05, 4.69) is 15.2 Å². The van der Waals surface area contributed by atoms with Crippen LogP contribution in [-0.4, -0.2) is 48.6 Å². The van der Waals surface area contributed by atoms with Gasteiger partial charge in [0, 0.05) is 31.4 Å². The van der Waals surface area contributed by atoms with Crippen LogP contribution in [0, 0.1) is 0 Å². The van der Waals surface area contributed by atoms with Crippen molar-refractivity contribution in [3.63, 3.8) is 0 Å². The minimum Gasteiger partial charge on any atom is -0.382 e. The number of carbonyl (C=O) groups is 1. The Morgan fingerprint density at radius 3 is 3.11 bits per heavy atom. The highest BCUT2D eigenvalue weighted by atomic mass is 32.2. The Morgan fingerprint density at radius 1 is 1.68 bits per heavy atom. The molecule has 5 N–H and O–H groups in total. The molecule has 1 aromatic heterocycles. The second-order valence-electron chi connectivity index (χ2n) is 4.45. The summed E-state index contributed by atoms with van der Waals surface area (Å²) in [5, 5.41) is 3.63. The van der Waals surface area contributed by atoms with Gasteiger partial charge in [-0.1, -0.05) is 11.3 Å². The van der Waals surface area contributed by atoms with Gasteiger partial charge in [0.05, 0.1) is 0 Å². The number of nitrogens with zero attached hydrogens (tertiary/aromatic N) is 2. The lowest BCUT2D eigenvalue weighted by Crippen LogP contribution is -2.26. The first-order valence-corrected chi connectivity index (χ1v) is 8.36. The molecular formula is C11H19N5OS2. The van der Waals surface area contributed by atoms with Gasteiger partial charge in [-0.15, -0.1) is 0 Å². The zero-order chi connectivity index (χ0) is 13.8. The Hall–Kier alpha value is -0.990. The molecule has 1 atom stereocenters. The number of aromatic nitrogens is 1. The number of hydrogen-bond donors (Lipinski definition) is 3. The molecule has 2 heterocycles. The predicted molar refractivity (Wildman–Crippen MR) is 82.0 cm³/mol. The van der Waals surface area contributed by atoms with Crippen molar-refractivity contribution in [2.75, 3.05) is 42.3 Å². The summed E-state index contributed by atoms with van der Waals surface area (Å²) in [6.45, 7) is 2.30. The third kappa shape index (κ3) is 3.52. The molecule has 0 aliphatic carbocycles. The highest BCUT2D eigenvalue weighted by Gasteiger charge is 2.24. The zero-order valence-corrected chi connectivity index (χ0v) is 12.5. The van der Waals surface area contributed by atoms with Crippen LogP contribution in [0.4, 0.5) is 10.9 Å². The van der Waals surface area contributed by atoms with Crippen molar-refractivity contribution in [2.45, 2.75) is 12.5 Å². The van der Waals surface area contributed by atoms with E-state index in [9.17, 15) is 4.79 Å². The molecule has 106 valence electrons. The third-order valence-electron chi connectivity index (χ3n) is 2.94. The fourth-order valence-electron chi connectivity index (χ4n) is 1.93. The molecule has 1 aliphatic heterocycles. The molecule has 6 nitrogen and oxygen atoms in total. The van der Waals surface area contributed by atoms with Gasteiger partial charge in [0.1, 0.15) is 10.7 Å². The van der Waals surface area contributed by atoms with E-state index >= 15 is 0 Å². The quantitative estimate of drug-likeness (QED) is 0.679. The fourth-order valence-corrected chi connectivity index (χ4v) is 3.17. The first-order valence-electron chi connectivity index (χ1n) is 6.15. The van der Waals surface area contributed by atoms with Crippen LogP contribution in [0.5, 0.6) is 0 Å². The van der Waals surface area contributed by atoms with Gasteiger partial charge in [-0.05, 0) is 12.7 Å². The third-order valence-corrected chi connectivity index (χ3v) is 4.68. The lowest BCUT2D eigenvalue weighted by Gasteiger charge is -2.12. The molecule has 0 aromatic carbocycles. The Labute approximate surface area is 120 Å². The monoisotopic (exact) mass is 301 g/mol. The number of anilines is 2. The maximum Gasteiger partial charge on any atom is 0.265 e. The van der Waals surface area contributed by atoms with Gasteiger partial charge in [-0.25, -0.2) is 4.98 Å². The fraction of sp³-hybridized carbons (Fsp3) is 0.636. The van der Waals surface area contributed by atoms with Crippen molar-refractivity contribution in [2.24, 2.45) is 5.73 Å². The molecule has 1 saturated heterocycles. The van der Waals surface area contributed by atoms with Crippen molar-refractivity contribution in [3.05, 3.63) is 4.88 Å². The lowest BCUT2D eigenvalue weighted by atomic mass is 10.3. The predicted octanol–water partition coefficient (Wildman–Crippen LogP) is 0.356. The normalized spacial score (nSPS) is 18.8. The lowest BCUT2D eigenvalue weighted by molar-refractivity contribution is 0.0961. The van der Waals surface area contributed by atoms with E-state index < -0.39 is 0 Å². The number of nitrogen functional groups attached to an aromatic ring is 1. The van der Waals surface area contributed by atoms with E-state index in [1.807, 2.05) is 6.26 Å². The average molecular weight is 301 g/mol. The smallest absolute Gasteiger partial charge is 0.265 e. The molecule has 0 saturated carbocycles. The summed E-state index contributed by atoms with van der Waals surface area (Å²) in [6, 6.07) is 0.184. The highest BCUT2D eigenvalue weighted by Crippen LogP contribution is 2.30.